The van der Waals surface area contributed by atoms with Crippen LogP contribution in [0.2, 0.25) is 0 Å². The van der Waals surface area contributed by atoms with Crippen LogP contribution in [0.3, 0.4) is 0 Å². The normalized spacial score (nSPS) is 16.2. The number of anilines is 1. The number of nitrogens with one attached hydrogen (secondary N) is 1. The van der Waals surface area contributed by atoms with Gasteiger partial charge in [-0.05, 0) is 14.0 Å². The number of aromatic amines is 1. The maximum absolute atomic E-state index is 4.55. The standard InChI is InChI=1S/C16H19N7/c1-11-20-14-10-17-9-13(15(14)21-11)12-7-18-16(19-8-12)23-5-3-22(2)4-6-23/h7-10H,3-6H2,1-2H3,(H,20,21). The minimum atomic E-state index is 0.792. The topological polar surface area (TPSA) is 73.8 Å². The van der Waals surface area contributed by atoms with E-state index in [1.54, 1.807) is 6.20 Å². The van der Waals surface area contributed by atoms with Crippen molar-refractivity contribution in [2.24, 2.45) is 0 Å². The Labute approximate surface area is 134 Å². The van der Waals surface area contributed by atoms with Crippen molar-refractivity contribution in [3.8, 4) is 11.1 Å². The van der Waals surface area contributed by atoms with Gasteiger partial charge in [-0.15, -0.1) is 0 Å². The first-order valence-electron chi connectivity index (χ1n) is 7.77. The molecular formula is C16H19N7. The molecule has 4 rings (SSSR count). The molecule has 0 bridgehead atoms. The number of piperazine rings is 1. The van der Waals surface area contributed by atoms with E-state index in [9.17, 15) is 0 Å². The molecule has 1 N–H and O–H groups in total. The fourth-order valence-corrected chi connectivity index (χ4v) is 2.90. The minimum absolute atomic E-state index is 0.792. The number of pyridine rings is 1. The van der Waals surface area contributed by atoms with E-state index in [1.807, 2.05) is 25.5 Å². The molecule has 1 fully saturated rings. The molecule has 0 saturated carbocycles. The smallest absolute Gasteiger partial charge is 0.225 e. The highest BCUT2D eigenvalue weighted by atomic mass is 15.3. The van der Waals surface area contributed by atoms with Crippen LogP contribution in [0, 0.1) is 6.92 Å². The molecule has 7 heteroatoms. The summed E-state index contributed by atoms with van der Waals surface area (Å²) in [7, 11) is 2.14. The number of rotatable bonds is 2. The zero-order valence-electron chi connectivity index (χ0n) is 13.3. The monoisotopic (exact) mass is 309 g/mol. The third-order valence-corrected chi connectivity index (χ3v) is 4.25. The first-order chi connectivity index (χ1) is 11.2. The quantitative estimate of drug-likeness (QED) is 0.773. The van der Waals surface area contributed by atoms with Crippen molar-refractivity contribution in [3.05, 3.63) is 30.6 Å². The summed E-state index contributed by atoms with van der Waals surface area (Å²) in [5, 5.41) is 0. The lowest BCUT2D eigenvalue weighted by Crippen LogP contribution is -2.45. The van der Waals surface area contributed by atoms with Crippen LogP contribution < -0.4 is 4.90 Å². The first-order valence-corrected chi connectivity index (χ1v) is 7.77. The maximum atomic E-state index is 4.55. The van der Waals surface area contributed by atoms with Crippen LogP contribution in [-0.2, 0) is 0 Å². The van der Waals surface area contributed by atoms with Crippen molar-refractivity contribution in [2.45, 2.75) is 6.92 Å². The fraction of sp³-hybridized carbons (Fsp3) is 0.375. The van der Waals surface area contributed by atoms with Crippen molar-refractivity contribution < 1.29 is 0 Å². The lowest BCUT2D eigenvalue weighted by molar-refractivity contribution is 0.311. The summed E-state index contributed by atoms with van der Waals surface area (Å²) in [5.74, 6) is 1.67. The van der Waals surface area contributed by atoms with Gasteiger partial charge in [0.25, 0.3) is 0 Å². The highest BCUT2D eigenvalue weighted by Gasteiger charge is 2.17. The van der Waals surface area contributed by atoms with E-state index in [2.05, 4.69) is 41.8 Å². The Bertz CT molecular complexity index is 816. The second-order valence-corrected chi connectivity index (χ2v) is 5.97. The Morgan fingerprint density at radius 1 is 1.00 bits per heavy atom. The lowest BCUT2D eigenvalue weighted by atomic mass is 10.1. The van der Waals surface area contributed by atoms with Crippen molar-refractivity contribution in [1.29, 1.82) is 0 Å². The van der Waals surface area contributed by atoms with Gasteiger partial charge < -0.3 is 14.8 Å². The number of aryl methyl sites for hydroxylation is 1. The van der Waals surface area contributed by atoms with E-state index in [0.717, 1.165) is 60.1 Å². The summed E-state index contributed by atoms with van der Waals surface area (Å²) in [6, 6.07) is 0. The van der Waals surface area contributed by atoms with E-state index in [-0.39, 0.29) is 0 Å². The molecular weight excluding hydrogens is 290 g/mol. The molecule has 0 amide bonds. The van der Waals surface area contributed by atoms with Gasteiger partial charge in [-0.25, -0.2) is 15.0 Å². The van der Waals surface area contributed by atoms with E-state index < -0.39 is 0 Å². The molecule has 7 nitrogen and oxygen atoms in total. The second-order valence-electron chi connectivity index (χ2n) is 5.97. The molecule has 0 radical (unpaired) electrons. The molecule has 4 heterocycles. The van der Waals surface area contributed by atoms with Crippen molar-refractivity contribution in [3.63, 3.8) is 0 Å². The van der Waals surface area contributed by atoms with Crippen LogP contribution >= 0.6 is 0 Å². The highest BCUT2D eigenvalue weighted by molar-refractivity contribution is 5.90. The Kier molecular flexibility index (Phi) is 3.42. The average molecular weight is 309 g/mol. The van der Waals surface area contributed by atoms with E-state index in [0.29, 0.717) is 0 Å². The molecule has 118 valence electrons. The molecule has 3 aromatic rings. The molecule has 23 heavy (non-hydrogen) atoms. The fourth-order valence-electron chi connectivity index (χ4n) is 2.90. The number of likely N-dealkylation sites (N-methyl/N-ethyl adjacent to an activating group) is 1. The molecule has 0 aliphatic carbocycles. The SMILES string of the molecule is Cc1nc2c(-c3cnc(N4CCN(C)CC4)nc3)cncc2[nH]1. The predicted molar refractivity (Wildman–Crippen MR) is 89.4 cm³/mol. The zero-order valence-corrected chi connectivity index (χ0v) is 13.3. The van der Waals surface area contributed by atoms with Gasteiger partial charge in [0.05, 0.1) is 17.2 Å². The van der Waals surface area contributed by atoms with Gasteiger partial charge in [0, 0.05) is 55.9 Å². The summed E-state index contributed by atoms with van der Waals surface area (Å²) in [6.07, 6.45) is 7.33. The number of H-pyrrole nitrogens is 1. The van der Waals surface area contributed by atoms with Gasteiger partial charge in [-0.2, -0.15) is 0 Å². The predicted octanol–water partition coefficient (Wildman–Crippen LogP) is 1.48. The highest BCUT2D eigenvalue weighted by Crippen LogP contribution is 2.25. The third kappa shape index (κ3) is 2.63. The Morgan fingerprint density at radius 3 is 2.48 bits per heavy atom. The Hall–Kier alpha value is -2.54. The number of hydrogen-bond acceptors (Lipinski definition) is 6. The number of imidazole rings is 1. The number of aromatic nitrogens is 5. The minimum Gasteiger partial charge on any atom is -0.341 e. The Balaban J connectivity index is 1.65. The van der Waals surface area contributed by atoms with Gasteiger partial charge in [-0.3, -0.25) is 4.98 Å². The average Bonchev–Trinajstić information content (AvgIpc) is 2.96. The second kappa shape index (κ2) is 5.58. The summed E-state index contributed by atoms with van der Waals surface area (Å²) in [6.45, 7) is 5.95. The van der Waals surface area contributed by atoms with Crippen LogP contribution in [0.25, 0.3) is 22.2 Å². The molecule has 0 unspecified atom stereocenters. The number of nitrogens with zero attached hydrogens (tertiary/aromatic N) is 6. The summed E-state index contributed by atoms with van der Waals surface area (Å²) < 4.78 is 0. The molecule has 1 aliphatic rings. The summed E-state index contributed by atoms with van der Waals surface area (Å²) in [5.41, 5.74) is 3.74. The summed E-state index contributed by atoms with van der Waals surface area (Å²) >= 11 is 0. The molecule has 3 aromatic heterocycles. The van der Waals surface area contributed by atoms with Gasteiger partial charge >= 0.3 is 0 Å². The molecule has 0 atom stereocenters. The van der Waals surface area contributed by atoms with E-state index in [1.165, 1.54) is 0 Å². The molecule has 1 saturated heterocycles. The van der Waals surface area contributed by atoms with Gasteiger partial charge in [0.15, 0.2) is 0 Å². The number of fused-ring (bicyclic) bond motifs is 1. The number of hydrogen-bond donors (Lipinski definition) is 1. The largest absolute Gasteiger partial charge is 0.341 e. The molecule has 0 aromatic carbocycles. The van der Waals surface area contributed by atoms with E-state index in [4.69, 9.17) is 0 Å². The lowest BCUT2D eigenvalue weighted by Gasteiger charge is -2.32. The Morgan fingerprint density at radius 2 is 1.74 bits per heavy atom. The van der Waals surface area contributed by atoms with Crippen LogP contribution in [0.5, 0.6) is 0 Å². The van der Waals surface area contributed by atoms with Crippen molar-refractivity contribution in [2.75, 3.05) is 38.1 Å². The van der Waals surface area contributed by atoms with Crippen molar-refractivity contribution >= 4 is 17.0 Å². The molecule has 1 aliphatic heterocycles. The van der Waals surface area contributed by atoms with Crippen LogP contribution in [0.4, 0.5) is 5.95 Å². The van der Waals surface area contributed by atoms with E-state index >= 15 is 0 Å². The van der Waals surface area contributed by atoms with Gasteiger partial charge in [0.1, 0.15) is 5.82 Å². The molecule has 0 spiro atoms. The van der Waals surface area contributed by atoms with Crippen LogP contribution in [-0.4, -0.2) is 63.0 Å². The van der Waals surface area contributed by atoms with Crippen molar-refractivity contribution in [1.82, 2.24) is 29.8 Å². The van der Waals surface area contributed by atoms with Gasteiger partial charge in [0.2, 0.25) is 5.95 Å². The van der Waals surface area contributed by atoms with Crippen LogP contribution in [0.15, 0.2) is 24.8 Å². The van der Waals surface area contributed by atoms with Gasteiger partial charge in [-0.1, -0.05) is 0 Å². The third-order valence-electron chi connectivity index (χ3n) is 4.25. The first kappa shape index (κ1) is 14.1. The zero-order chi connectivity index (χ0) is 15.8. The summed E-state index contributed by atoms with van der Waals surface area (Å²) in [4.78, 5) is 25.7. The van der Waals surface area contributed by atoms with Crippen LogP contribution in [0.1, 0.15) is 5.82 Å². The maximum Gasteiger partial charge on any atom is 0.225 e.